The van der Waals surface area contributed by atoms with E-state index in [1.165, 1.54) is 22.8 Å². The molecule has 0 unspecified atom stereocenters. The lowest BCUT2D eigenvalue weighted by Gasteiger charge is -2.43. The van der Waals surface area contributed by atoms with Gasteiger partial charge in [0.25, 0.3) is 0 Å². The summed E-state index contributed by atoms with van der Waals surface area (Å²) in [4.78, 5) is 4.99. The van der Waals surface area contributed by atoms with Gasteiger partial charge in [-0.15, -0.1) is 0 Å². The first kappa shape index (κ1) is 15.6. The van der Waals surface area contributed by atoms with Crippen molar-refractivity contribution in [2.75, 3.05) is 28.7 Å². The number of para-hydroxylation sites is 2. The molecule has 0 bridgehead atoms. The standard InChI is InChI=1S/C20H23N3S/c1-2-6-16(7-3-1)10-13-21-19-20(11-14-24-15-12-20)23-18-9-5-4-8-17(18)22-19/h1-9,23H,10-15H2,(H,21,22). The van der Waals surface area contributed by atoms with Crippen molar-refractivity contribution in [2.24, 2.45) is 4.99 Å². The van der Waals surface area contributed by atoms with Gasteiger partial charge in [0.05, 0.1) is 16.9 Å². The SMILES string of the molecule is c1ccc(CCN=C2Nc3ccccc3NC23CCSCC3)cc1. The van der Waals surface area contributed by atoms with Crippen LogP contribution in [0.3, 0.4) is 0 Å². The van der Waals surface area contributed by atoms with E-state index >= 15 is 0 Å². The molecule has 2 N–H and O–H groups in total. The summed E-state index contributed by atoms with van der Waals surface area (Å²) in [5.41, 5.74) is 3.67. The van der Waals surface area contributed by atoms with Gasteiger partial charge in [0.1, 0.15) is 5.84 Å². The van der Waals surface area contributed by atoms with Crippen LogP contribution in [0.15, 0.2) is 59.6 Å². The summed E-state index contributed by atoms with van der Waals surface area (Å²) >= 11 is 2.04. The summed E-state index contributed by atoms with van der Waals surface area (Å²) in [7, 11) is 0. The maximum absolute atomic E-state index is 4.99. The van der Waals surface area contributed by atoms with E-state index in [0.29, 0.717) is 0 Å². The zero-order valence-corrected chi connectivity index (χ0v) is 14.6. The first-order chi connectivity index (χ1) is 11.9. The van der Waals surface area contributed by atoms with Gasteiger partial charge < -0.3 is 10.6 Å². The van der Waals surface area contributed by atoms with Gasteiger partial charge in [0, 0.05) is 6.54 Å². The van der Waals surface area contributed by atoms with Crippen molar-refractivity contribution in [1.82, 2.24) is 0 Å². The lowest BCUT2D eigenvalue weighted by Crippen LogP contribution is -2.54. The Balaban J connectivity index is 1.57. The van der Waals surface area contributed by atoms with Gasteiger partial charge in [0.15, 0.2) is 0 Å². The third kappa shape index (κ3) is 3.16. The molecule has 1 fully saturated rings. The number of fused-ring (bicyclic) bond motifs is 1. The minimum absolute atomic E-state index is 0.0176. The summed E-state index contributed by atoms with van der Waals surface area (Å²) < 4.78 is 0. The highest BCUT2D eigenvalue weighted by Crippen LogP contribution is 2.38. The highest BCUT2D eigenvalue weighted by atomic mass is 32.2. The molecule has 124 valence electrons. The Hall–Kier alpha value is -1.94. The lowest BCUT2D eigenvalue weighted by molar-refractivity contribution is 0.560. The second kappa shape index (κ2) is 6.89. The van der Waals surface area contributed by atoms with Crippen LogP contribution in [0.25, 0.3) is 0 Å². The Labute approximate surface area is 148 Å². The number of anilines is 2. The van der Waals surface area contributed by atoms with Gasteiger partial charge in [-0.05, 0) is 48.5 Å². The lowest BCUT2D eigenvalue weighted by atomic mass is 9.87. The van der Waals surface area contributed by atoms with E-state index in [1.54, 1.807) is 0 Å². The summed E-state index contributed by atoms with van der Waals surface area (Å²) in [6.45, 7) is 0.824. The number of aliphatic imine (C=N–C) groups is 1. The monoisotopic (exact) mass is 337 g/mol. The Morgan fingerprint density at radius 3 is 2.42 bits per heavy atom. The van der Waals surface area contributed by atoms with Crippen LogP contribution < -0.4 is 10.6 Å². The van der Waals surface area contributed by atoms with E-state index in [0.717, 1.165) is 37.3 Å². The number of thioether (sulfide) groups is 1. The Morgan fingerprint density at radius 2 is 1.62 bits per heavy atom. The molecule has 4 rings (SSSR count). The van der Waals surface area contributed by atoms with Gasteiger partial charge in [-0.25, -0.2) is 0 Å². The average molecular weight is 337 g/mol. The van der Waals surface area contributed by atoms with Crippen molar-refractivity contribution in [3.63, 3.8) is 0 Å². The fraction of sp³-hybridized carbons (Fsp3) is 0.350. The summed E-state index contributed by atoms with van der Waals surface area (Å²) in [6.07, 6.45) is 3.24. The largest absolute Gasteiger partial charge is 0.371 e. The molecule has 0 aliphatic carbocycles. The molecule has 3 nitrogen and oxygen atoms in total. The summed E-state index contributed by atoms with van der Waals surface area (Å²) in [5, 5.41) is 7.43. The third-order valence-corrected chi connectivity index (χ3v) is 5.85. The van der Waals surface area contributed by atoms with E-state index in [4.69, 9.17) is 4.99 Å². The molecule has 0 atom stereocenters. The predicted octanol–water partition coefficient (Wildman–Crippen LogP) is 4.43. The van der Waals surface area contributed by atoms with Crippen LogP contribution in [-0.2, 0) is 6.42 Å². The molecular weight excluding hydrogens is 314 g/mol. The molecule has 24 heavy (non-hydrogen) atoms. The maximum atomic E-state index is 4.99. The molecule has 2 heterocycles. The molecule has 2 aromatic rings. The first-order valence-corrected chi connectivity index (χ1v) is 9.82. The van der Waals surface area contributed by atoms with Gasteiger partial charge in [-0.2, -0.15) is 11.8 Å². The second-order valence-electron chi connectivity index (χ2n) is 6.46. The molecule has 1 saturated heterocycles. The highest BCUT2D eigenvalue weighted by molar-refractivity contribution is 7.99. The van der Waals surface area contributed by atoms with Gasteiger partial charge in [0.2, 0.25) is 0 Å². The minimum Gasteiger partial charge on any atom is -0.371 e. The van der Waals surface area contributed by atoms with E-state index in [2.05, 4.69) is 65.2 Å². The van der Waals surface area contributed by atoms with Crippen LogP contribution in [0.1, 0.15) is 18.4 Å². The molecule has 2 aliphatic rings. The first-order valence-electron chi connectivity index (χ1n) is 8.67. The minimum atomic E-state index is -0.0176. The number of hydrogen-bond acceptors (Lipinski definition) is 3. The van der Waals surface area contributed by atoms with Crippen LogP contribution >= 0.6 is 11.8 Å². The van der Waals surface area contributed by atoms with Gasteiger partial charge >= 0.3 is 0 Å². The third-order valence-electron chi connectivity index (χ3n) is 4.87. The molecule has 0 radical (unpaired) electrons. The van der Waals surface area contributed by atoms with Crippen LogP contribution in [0.5, 0.6) is 0 Å². The normalized spacial score (nSPS) is 20.2. The Morgan fingerprint density at radius 1 is 0.917 bits per heavy atom. The zero-order valence-electron chi connectivity index (χ0n) is 13.8. The van der Waals surface area contributed by atoms with Crippen molar-refractivity contribution in [3.8, 4) is 0 Å². The number of rotatable bonds is 3. The van der Waals surface area contributed by atoms with Crippen LogP contribution in [0.2, 0.25) is 0 Å². The molecule has 0 amide bonds. The summed E-state index contributed by atoms with van der Waals surface area (Å²) in [5.74, 6) is 3.50. The zero-order chi connectivity index (χ0) is 16.2. The predicted molar refractivity (Wildman–Crippen MR) is 105 cm³/mol. The van der Waals surface area contributed by atoms with E-state index in [-0.39, 0.29) is 5.54 Å². The number of amidine groups is 1. The maximum Gasteiger partial charge on any atom is 0.127 e. The number of hydrogen-bond donors (Lipinski definition) is 2. The number of nitrogens with one attached hydrogen (secondary N) is 2. The smallest absolute Gasteiger partial charge is 0.127 e. The van der Waals surface area contributed by atoms with Gasteiger partial charge in [-0.1, -0.05) is 42.5 Å². The van der Waals surface area contributed by atoms with Gasteiger partial charge in [-0.3, -0.25) is 4.99 Å². The van der Waals surface area contributed by atoms with E-state index in [9.17, 15) is 0 Å². The Bertz CT molecular complexity index is 721. The average Bonchev–Trinajstić information content (AvgIpc) is 2.64. The van der Waals surface area contributed by atoms with Crippen molar-refractivity contribution >= 4 is 29.0 Å². The highest BCUT2D eigenvalue weighted by Gasteiger charge is 2.40. The van der Waals surface area contributed by atoms with Crippen LogP contribution in [0, 0.1) is 0 Å². The van der Waals surface area contributed by atoms with E-state index in [1.807, 2.05) is 11.8 Å². The molecule has 1 spiro atoms. The molecule has 0 saturated carbocycles. The summed E-state index contributed by atoms with van der Waals surface area (Å²) in [6, 6.07) is 19.1. The van der Waals surface area contributed by atoms with Crippen LogP contribution in [0.4, 0.5) is 11.4 Å². The molecule has 0 aromatic heterocycles. The number of benzene rings is 2. The van der Waals surface area contributed by atoms with Crippen molar-refractivity contribution in [3.05, 3.63) is 60.2 Å². The number of nitrogens with zero attached hydrogens (tertiary/aromatic N) is 1. The molecule has 2 aromatic carbocycles. The fourth-order valence-corrected chi connectivity index (χ4v) is 4.67. The van der Waals surface area contributed by atoms with E-state index < -0.39 is 0 Å². The molecular formula is C20H23N3S. The Kier molecular flexibility index (Phi) is 4.48. The van der Waals surface area contributed by atoms with Crippen molar-refractivity contribution in [1.29, 1.82) is 0 Å². The second-order valence-corrected chi connectivity index (χ2v) is 7.68. The topological polar surface area (TPSA) is 36.4 Å². The van der Waals surface area contributed by atoms with Crippen molar-refractivity contribution in [2.45, 2.75) is 24.8 Å². The van der Waals surface area contributed by atoms with Crippen molar-refractivity contribution < 1.29 is 0 Å². The van der Waals surface area contributed by atoms with Crippen LogP contribution in [-0.4, -0.2) is 29.4 Å². The molecule has 2 aliphatic heterocycles. The molecule has 4 heteroatoms. The quantitative estimate of drug-likeness (QED) is 0.870. The fourth-order valence-electron chi connectivity index (χ4n) is 3.48.